The largest absolute Gasteiger partial charge is 0.494 e. The molecule has 0 fully saturated rings. The molecule has 0 aliphatic carbocycles. The zero-order valence-electron chi connectivity index (χ0n) is 20.8. The molecule has 3 aromatic rings. The van der Waals surface area contributed by atoms with Crippen LogP contribution in [0.15, 0.2) is 67.3 Å². The van der Waals surface area contributed by atoms with Gasteiger partial charge >= 0.3 is 11.9 Å². The lowest BCUT2D eigenvalue weighted by atomic mass is 9.92. The molecule has 3 aromatic carbocycles. The number of hydrogen-bond donors (Lipinski definition) is 1. The van der Waals surface area contributed by atoms with E-state index in [1.807, 2.05) is 38.1 Å². The topological polar surface area (TPSA) is 72.8 Å². The van der Waals surface area contributed by atoms with Gasteiger partial charge in [-0.25, -0.2) is 9.59 Å². The maximum atomic E-state index is 12.5. The molecule has 0 aliphatic heterocycles. The van der Waals surface area contributed by atoms with Crippen molar-refractivity contribution in [2.24, 2.45) is 5.92 Å². The first-order valence-electron chi connectivity index (χ1n) is 12.3. The van der Waals surface area contributed by atoms with E-state index < -0.39 is 11.9 Å². The van der Waals surface area contributed by atoms with Crippen LogP contribution in [0.3, 0.4) is 0 Å². The second kappa shape index (κ2) is 13.1. The third kappa shape index (κ3) is 6.88. The summed E-state index contributed by atoms with van der Waals surface area (Å²) in [6.07, 6.45) is 5.73. The lowest BCUT2D eigenvalue weighted by Gasteiger charge is -2.16. The highest BCUT2D eigenvalue weighted by Crippen LogP contribution is 2.34. The molecule has 0 amide bonds. The van der Waals surface area contributed by atoms with Crippen LogP contribution in [0.1, 0.15) is 60.2 Å². The Morgan fingerprint density at radius 3 is 2.50 bits per heavy atom. The van der Waals surface area contributed by atoms with E-state index in [2.05, 4.69) is 6.58 Å². The molecule has 6 heteroatoms. The van der Waals surface area contributed by atoms with Gasteiger partial charge < -0.3 is 14.6 Å². The highest BCUT2D eigenvalue weighted by molar-refractivity contribution is 6.21. The molecule has 2 atom stereocenters. The average molecular weight is 509 g/mol. The van der Waals surface area contributed by atoms with Gasteiger partial charge in [0.15, 0.2) is 0 Å². The van der Waals surface area contributed by atoms with Gasteiger partial charge in [-0.15, -0.1) is 18.2 Å². The lowest BCUT2D eigenvalue weighted by molar-refractivity contribution is 0.0489. The molecule has 3 rings (SSSR count). The van der Waals surface area contributed by atoms with E-state index in [1.165, 1.54) is 0 Å². The van der Waals surface area contributed by atoms with E-state index in [0.717, 1.165) is 42.2 Å². The van der Waals surface area contributed by atoms with Gasteiger partial charge in [-0.2, -0.15) is 0 Å². The number of rotatable bonds is 13. The second-order valence-electron chi connectivity index (χ2n) is 8.89. The van der Waals surface area contributed by atoms with Crippen LogP contribution in [0.5, 0.6) is 5.75 Å². The monoisotopic (exact) mass is 508 g/mol. The second-order valence-corrected chi connectivity index (χ2v) is 9.45. The van der Waals surface area contributed by atoms with Gasteiger partial charge in [0, 0.05) is 5.56 Å². The number of alkyl halides is 1. The molecule has 0 bridgehead atoms. The number of unbranched alkanes of at least 4 members (excludes halogenated alkanes) is 2. The Morgan fingerprint density at radius 2 is 1.83 bits per heavy atom. The SMILES string of the molecule is C=CCCCCOc1ccc2c(-c3ccc(C(=O)OC[C@@H](Cl)[C@@H](C)CC)cc3)c(C(=O)O)ccc2c1. The minimum atomic E-state index is -1.02. The molecule has 0 radical (unpaired) electrons. The number of carbonyl (C=O) groups excluding carboxylic acids is 1. The smallest absolute Gasteiger partial charge is 0.338 e. The molecular formula is C30H33ClO5. The molecule has 36 heavy (non-hydrogen) atoms. The van der Waals surface area contributed by atoms with Gasteiger partial charge in [0.05, 0.1) is 23.1 Å². The number of esters is 1. The molecule has 5 nitrogen and oxygen atoms in total. The highest BCUT2D eigenvalue weighted by Gasteiger charge is 2.18. The Bertz CT molecular complexity index is 1200. The summed E-state index contributed by atoms with van der Waals surface area (Å²) in [7, 11) is 0. The number of allylic oxidation sites excluding steroid dienone is 1. The fourth-order valence-corrected chi connectivity index (χ4v) is 4.14. The quantitative estimate of drug-likeness (QED) is 0.110. The van der Waals surface area contributed by atoms with Gasteiger partial charge in [0.1, 0.15) is 12.4 Å². The molecule has 0 aliphatic rings. The summed E-state index contributed by atoms with van der Waals surface area (Å²) in [4.78, 5) is 24.5. The van der Waals surface area contributed by atoms with Crippen molar-refractivity contribution in [2.75, 3.05) is 13.2 Å². The number of carboxylic acid groups (broad SMARTS) is 1. The lowest BCUT2D eigenvalue weighted by Crippen LogP contribution is -2.20. The minimum absolute atomic E-state index is 0.141. The summed E-state index contributed by atoms with van der Waals surface area (Å²) in [5.74, 6) is -0.494. The number of fused-ring (bicyclic) bond motifs is 1. The number of halogens is 1. The molecule has 1 N–H and O–H groups in total. The number of carbonyl (C=O) groups is 2. The molecule has 0 heterocycles. The van der Waals surface area contributed by atoms with Gasteiger partial charge in [0.25, 0.3) is 0 Å². The van der Waals surface area contributed by atoms with Crippen molar-refractivity contribution in [3.8, 4) is 16.9 Å². The minimum Gasteiger partial charge on any atom is -0.494 e. The Morgan fingerprint density at radius 1 is 1.08 bits per heavy atom. The van der Waals surface area contributed by atoms with E-state index in [0.29, 0.717) is 23.3 Å². The Balaban J connectivity index is 1.83. The summed E-state index contributed by atoms with van der Waals surface area (Å²) < 4.78 is 11.3. The van der Waals surface area contributed by atoms with Gasteiger partial charge in [-0.1, -0.05) is 50.6 Å². The summed E-state index contributed by atoms with van der Waals surface area (Å²) >= 11 is 6.28. The number of aromatic carboxylic acids is 1. The van der Waals surface area contributed by atoms with Gasteiger partial charge in [-0.3, -0.25) is 0 Å². The van der Waals surface area contributed by atoms with E-state index >= 15 is 0 Å². The van der Waals surface area contributed by atoms with Crippen molar-refractivity contribution in [1.29, 1.82) is 0 Å². The average Bonchev–Trinajstić information content (AvgIpc) is 2.90. The number of carboxylic acids is 1. The van der Waals surface area contributed by atoms with Gasteiger partial charge in [0.2, 0.25) is 0 Å². The van der Waals surface area contributed by atoms with Crippen molar-refractivity contribution < 1.29 is 24.2 Å². The summed E-state index contributed by atoms with van der Waals surface area (Å²) in [5.41, 5.74) is 1.86. The zero-order chi connectivity index (χ0) is 26.1. The van der Waals surface area contributed by atoms with Crippen molar-refractivity contribution in [2.45, 2.75) is 44.9 Å². The van der Waals surface area contributed by atoms with Crippen molar-refractivity contribution >= 4 is 34.3 Å². The number of benzene rings is 3. The first-order valence-corrected chi connectivity index (χ1v) is 12.7. The number of ether oxygens (including phenoxy) is 2. The maximum absolute atomic E-state index is 12.5. The maximum Gasteiger partial charge on any atom is 0.338 e. The van der Waals surface area contributed by atoms with Gasteiger partial charge in [-0.05, 0) is 71.8 Å². The predicted molar refractivity (Wildman–Crippen MR) is 145 cm³/mol. The van der Waals surface area contributed by atoms with E-state index in [4.69, 9.17) is 21.1 Å². The van der Waals surface area contributed by atoms with Crippen LogP contribution < -0.4 is 4.74 Å². The van der Waals surface area contributed by atoms with Crippen LogP contribution in [0, 0.1) is 5.92 Å². The van der Waals surface area contributed by atoms with Crippen molar-refractivity contribution in [3.05, 3.63) is 78.4 Å². The third-order valence-electron chi connectivity index (χ3n) is 6.34. The summed E-state index contributed by atoms with van der Waals surface area (Å²) in [5, 5.41) is 11.3. The zero-order valence-corrected chi connectivity index (χ0v) is 21.6. The fraction of sp³-hybridized carbons (Fsp3) is 0.333. The Labute approximate surface area is 217 Å². The van der Waals surface area contributed by atoms with Crippen LogP contribution in [0.25, 0.3) is 21.9 Å². The van der Waals surface area contributed by atoms with Crippen LogP contribution in [0.2, 0.25) is 0 Å². The molecule has 0 saturated heterocycles. The summed E-state index contributed by atoms with van der Waals surface area (Å²) in [6.45, 7) is 8.54. The summed E-state index contributed by atoms with van der Waals surface area (Å²) in [6, 6.07) is 15.8. The highest BCUT2D eigenvalue weighted by atomic mass is 35.5. The van der Waals surface area contributed by atoms with E-state index in [1.54, 1.807) is 36.4 Å². The van der Waals surface area contributed by atoms with Crippen LogP contribution in [-0.2, 0) is 4.74 Å². The first-order chi connectivity index (χ1) is 17.3. The molecule has 0 aromatic heterocycles. The molecular weight excluding hydrogens is 476 g/mol. The van der Waals surface area contributed by atoms with Crippen LogP contribution >= 0.6 is 11.6 Å². The molecule has 0 unspecified atom stereocenters. The first kappa shape index (κ1) is 27.3. The van der Waals surface area contributed by atoms with Crippen LogP contribution in [0.4, 0.5) is 0 Å². The predicted octanol–water partition coefficient (Wildman–Crippen LogP) is 7.75. The van der Waals surface area contributed by atoms with Crippen LogP contribution in [-0.4, -0.2) is 35.6 Å². The third-order valence-corrected chi connectivity index (χ3v) is 6.89. The van der Waals surface area contributed by atoms with Crippen molar-refractivity contribution in [3.63, 3.8) is 0 Å². The Kier molecular flexibility index (Phi) is 9.95. The fourth-order valence-electron chi connectivity index (χ4n) is 3.90. The Hall–Kier alpha value is -3.31. The van der Waals surface area contributed by atoms with Crippen molar-refractivity contribution in [1.82, 2.24) is 0 Å². The normalized spacial score (nSPS) is 12.6. The van der Waals surface area contributed by atoms with E-state index in [9.17, 15) is 14.7 Å². The molecule has 0 spiro atoms. The molecule has 190 valence electrons. The van der Waals surface area contributed by atoms with E-state index in [-0.39, 0.29) is 23.5 Å². The molecule has 0 saturated carbocycles. The standard InChI is InChI=1S/C30H33ClO5/c1-4-6-7-8-17-35-24-14-16-25-23(18-24)13-15-26(29(32)33)28(25)21-9-11-22(12-10-21)30(34)36-19-27(31)20(3)5-2/h4,9-16,18,20,27H,1,5-8,17,19H2,2-3H3,(H,32,33)/t20-,27+/m0/s1. The number of hydrogen-bond acceptors (Lipinski definition) is 4.